The Labute approximate surface area is 150 Å². The fourth-order valence-corrected chi connectivity index (χ4v) is 2.94. The predicted octanol–water partition coefficient (Wildman–Crippen LogP) is 5.35. The van der Waals surface area contributed by atoms with Gasteiger partial charge in [0.1, 0.15) is 12.0 Å². The molecule has 0 aromatic heterocycles. The number of carboxylic acid groups (broad SMARTS) is 1. The van der Waals surface area contributed by atoms with Crippen molar-refractivity contribution in [2.45, 2.75) is 26.2 Å². The number of carbonyl (C=O) groups is 2. The van der Waals surface area contributed by atoms with Crippen molar-refractivity contribution >= 4 is 35.5 Å². The Morgan fingerprint density at radius 1 is 1.21 bits per heavy atom. The van der Waals surface area contributed by atoms with Crippen molar-refractivity contribution in [3.8, 4) is 11.5 Å². The van der Waals surface area contributed by atoms with Crippen LogP contribution >= 0.6 is 23.2 Å². The molecule has 0 spiro atoms. The van der Waals surface area contributed by atoms with Gasteiger partial charge in [0.2, 0.25) is 0 Å². The number of aldehydes is 1. The van der Waals surface area contributed by atoms with Crippen molar-refractivity contribution in [1.29, 1.82) is 0 Å². The zero-order valence-corrected chi connectivity index (χ0v) is 14.7. The van der Waals surface area contributed by atoms with Crippen molar-refractivity contribution in [3.63, 3.8) is 0 Å². The van der Waals surface area contributed by atoms with E-state index in [4.69, 9.17) is 33.0 Å². The molecule has 1 N–H and O–H groups in total. The summed E-state index contributed by atoms with van der Waals surface area (Å²) in [6.45, 7) is 3.96. The lowest BCUT2D eigenvalue weighted by molar-refractivity contribution is -0.136. The van der Waals surface area contributed by atoms with Crippen LogP contribution in [0.1, 0.15) is 41.3 Å². The minimum absolute atomic E-state index is 0.151. The second-order valence-electron chi connectivity index (χ2n) is 5.62. The summed E-state index contributed by atoms with van der Waals surface area (Å²) in [6.07, 6.45) is 0.630. The lowest BCUT2D eigenvalue weighted by Gasteiger charge is -2.14. The normalized spacial score (nSPS) is 10.7. The zero-order chi connectivity index (χ0) is 17.9. The van der Waals surface area contributed by atoms with E-state index in [0.717, 1.165) is 11.8 Å². The Hall–Kier alpha value is -2.04. The number of carboxylic acids is 1. The summed E-state index contributed by atoms with van der Waals surface area (Å²) in [5.74, 6) is -0.0698. The van der Waals surface area contributed by atoms with Crippen molar-refractivity contribution in [3.05, 3.63) is 57.1 Å². The van der Waals surface area contributed by atoms with Crippen LogP contribution in [-0.2, 0) is 11.2 Å². The van der Waals surface area contributed by atoms with E-state index in [-0.39, 0.29) is 28.1 Å². The molecule has 0 saturated heterocycles. The Bertz CT molecular complexity index is 762. The molecule has 0 unspecified atom stereocenters. The summed E-state index contributed by atoms with van der Waals surface area (Å²) < 4.78 is 5.76. The number of hydrogen-bond donors (Lipinski definition) is 1. The van der Waals surface area contributed by atoms with Crippen LogP contribution in [0.2, 0.25) is 10.0 Å². The molecule has 0 saturated carbocycles. The third-order valence-electron chi connectivity index (χ3n) is 3.44. The van der Waals surface area contributed by atoms with Crippen LogP contribution in [-0.4, -0.2) is 17.4 Å². The van der Waals surface area contributed by atoms with E-state index >= 15 is 0 Å². The zero-order valence-electron chi connectivity index (χ0n) is 13.2. The number of halogens is 2. The Balaban J connectivity index is 2.36. The molecule has 24 heavy (non-hydrogen) atoms. The maximum Gasteiger partial charge on any atom is 0.307 e. The van der Waals surface area contributed by atoms with Gasteiger partial charge in [-0.15, -0.1) is 0 Å². The summed E-state index contributed by atoms with van der Waals surface area (Å²) in [5.41, 5.74) is 1.95. The highest BCUT2D eigenvalue weighted by Gasteiger charge is 2.14. The fraction of sp³-hybridized carbons (Fsp3) is 0.222. The van der Waals surface area contributed by atoms with Crippen LogP contribution in [0.4, 0.5) is 0 Å². The number of rotatable bonds is 6. The molecule has 0 aliphatic carbocycles. The van der Waals surface area contributed by atoms with Crippen molar-refractivity contribution in [2.24, 2.45) is 0 Å². The van der Waals surface area contributed by atoms with Gasteiger partial charge in [-0.05, 0) is 47.4 Å². The van der Waals surface area contributed by atoms with Crippen LogP contribution in [0, 0.1) is 0 Å². The summed E-state index contributed by atoms with van der Waals surface area (Å²) in [4.78, 5) is 21.9. The topological polar surface area (TPSA) is 63.6 Å². The predicted molar refractivity (Wildman–Crippen MR) is 93.8 cm³/mol. The van der Waals surface area contributed by atoms with Gasteiger partial charge in [0.05, 0.1) is 16.5 Å². The van der Waals surface area contributed by atoms with Gasteiger partial charge in [-0.25, -0.2) is 0 Å². The molecule has 2 rings (SSSR count). The highest BCUT2D eigenvalue weighted by molar-refractivity contribution is 6.37. The minimum atomic E-state index is -0.971. The summed E-state index contributed by atoms with van der Waals surface area (Å²) in [7, 11) is 0. The second kappa shape index (κ2) is 7.69. The van der Waals surface area contributed by atoms with Crippen LogP contribution in [0.15, 0.2) is 30.3 Å². The summed E-state index contributed by atoms with van der Waals surface area (Å²) in [5, 5.41) is 9.29. The maximum atomic E-state index is 11.1. The van der Waals surface area contributed by atoms with Gasteiger partial charge < -0.3 is 9.84 Å². The lowest BCUT2D eigenvalue weighted by atomic mass is 9.98. The van der Waals surface area contributed by atoms with Crippen LogP contribution in [0.25, 0.3) is 0 Å². The molecule has 6 heteroatoms. The van der Waals surface area contributed by atoms with E-state index in [1.807, 2.05) is 13.8 Å². The summed E-state index contributed by atoms with van der Waals surface area (Å²) >= 11 is 12.3. The first-order chi connectivity index (χ1) is 11.3. The van der Waals surface area contributed by atoms with Gasteiger partial charge in [0.25, 0.3) is 0 Å². The molecular formula is C18H16Cl2O4. The second-order valence-corrected chi connectivity index (χ2v) is 6.44. The monoisotopic (exact) mass is 366 g/mol. The molecule has 0 amide bonds. The number of benzene rings is 2. The van der Waals surface area contributed by atoms with Crippen molar-refractivity contribution < 1.29 is 19.4 Å². The maximum absolute atomic E-state index is 11.1. The average Bonchev–Trinajstić information content (AvgIpc) is 2.50. The van der Waals surface area contributed by atoms with Gasteiger partial charge in [-0.2, -0.15) is 0 Å². The number of aliphatic carboxylic acids is 1. The quantitative estimate of drug-likeness (QED) is 0.699. The Morgan fingerprint density at radius 3 is 2.33 bits per heavy atom. The molecule has 0 aliphatic rings. The number of carbonyl (C=O) groups excluding carboxylic acids is 1. The van der Waals surface area contributed by atoms with Crippen LogP contribution < -0.4 is 4.74 Å². The molecule has 0 radical (unpaired) electrons. The lowest BCUT2D eigenvalue weighted by Crippen LogP contribution is -2.00. The Kier molecular flexibility index (Phi) is 5.86. The van der Waals surface area contributed by atoms with Crippen LogP contribution in [0.3, 0.4) is 0 Å². The standard InChI is InChI=1S/C18H16Cl2O4/c1-10(2)14-8-13(4-3-12(14)9-21)24-18-15(19)5-11(6-16(18)20)7-17(22)23/h3-6,8-10H,7H2,1-2H3,(H,22,23). The molecular weight excluding hydrogens is 351 g/mol. The van der Waals surface area contributed by atoms with Gasteiger partial charge in [0, 0.05) is 5.56 Å². The van der Waals surface area contributed by atoms with Gasteiger partial charge in [-0.1, -0.05) is 37.0 Å². The molecule has 0 heterocycles. The highest BCUT2D eigenvalue weighted by atomic mass is 35.5. The first-order valence-corrected chi connectivity index (χ1v) is 8.04. The molecule has 4 nitrogen and oxygen atoms in total. The molecule has 0 bridgehead atoms. The van der Waals surface area contributed by atoms with E-state index in [9.17, 15) is 9.59 Å². The summed E-state index contributed by atoms with van der Waals surface area (Å²) in [6, 6.07) is 8.14. The highest BCUT2D eigenvalue weighted by Crippen LogP contribution is 2.38. The largest absolute Gasteiger partial charge is 0.481 e. The van der Waals surface area contributed by atoms with E-state index in [2.05, 4.69) is 0 Å². The van der Waals surface area contributed by atoms with Crippen LogP contribution in [0.5, 0.6) is 11.5 Å². The number of hydrogen-bond acceptors (Lipinski definition) is 3. The van der Waals surface area contributed by atoms with Crippen molar-refractivity contribution in [1.82, 2.24) is 0 Å². The molecule has 2 aromatic rings. The first-order valence-electron chi connectivity index (χ1n) is 7.28. The Morgan fingerprint density at radius 2 is 1.83 bits per heavy atom. The SMILES string of the molecule is CC(C)c1cc(Oc2c(Cl)cc(CC(=O)O)cc2Cl)ccc1C=O. The molecule has 126 valence electrons. The van der Waals surface area contributed by atoms with E-state index in [0.29, 0.717) is 16.9 Å². The third-order valence-corrected chi connectivity index (χ3v) is 4.00. The van der Waals surface area contributed by atoms with E-state index in [1.165, 1.54) is 12.1 Å². The third kappa shape index (κ3) is 4.28. The van der Waals surface area contributed by atoms with Crippen molar-refractivity contribution in [2.75, 3.05) is 0 Å². The fourth-order valence-electron chi connectivity index (χ4n) is 2.33. The average molecular weight is 367 g/mol. The van der Waals surface area contributed by atoms with E-state index in [1.54, 1.807) is 18.2 Å². The molecule has 0 aliphatic heterocycles. The number of ether oxygens (including phenoxy) is 1. The van der Waals surface area contributed by atoms with Gasteiger partial charge in [0.15, 0.2) is 5.75 Å². The van der Waals surface area contributed by atoms with Gasteiger partial charge >= 0.3 is 5.97 Å². The van der Waals surface area contributed by atoms with Gasteiger partial charge in [-0.3, -0.25) is 9.59 Å². The molecule has 2 aromatic carbocycles. The smallest absolute Gasteiger partial charge is 0.307 e. The molecule has 0 atom stereocenters. The van der Waals surface area contributed by atoms with E-state index < -0.39 is 5.97 Å². The minimum Gasteiger partial charge on any atom is -0.481 e. The first kappa shape index (κ1) is 18.3. The molecule has 0 fully saturated rings.